The van der Waals surface area contributed by atoms with E-state index in [-0.39, 0.29) is 12.4 Å². The number of carbonyl (C=O) groups is 1. The number of benzene rings is 2. The molecule has 0 spiro atoms. The zero-order chi connectivity index (χ0) is 13.0. The molecule has 2 nitrogen and oxygen atoms in total. The molecule has 2 aromatic rings. The normalized spacial score (nSPS) is 10.1. The van der Waals surface area contributed by atoms with E-state index in [1.807, 2.05) is 0 Å². The minimum atomic E-state index is -0.105. The van der Waals surface area contributed by atoms with Crippen LogP contribution in [-0.4, -0.2) is 12.4 Å². The Morgan fingerprint density at radius 2 is 1.72 bits per heavy atom. The quantitative estimate of drug-likeness (QED) is 0.783. The molecule has 0 aliphatic heterocycles. The Morgan fingerprint density at radius 1 is 1.00 bits per heavy atom. The van der Waals surface area contributed by atoms with Crippen LogP contribution < -0.4 is 4.74 Å². The first kappa shape index (κ1) is 12.9. The van der Waals surface area contributed by atoms with Crippen LogP contribution in [0.15, 0.2) is 48.5 Å². The molecule has 18 heavy (non-hydrogen) atoms. The lowest BCUT2D eigenvalue weighted by Crippen LogP contribution is -2.11. The maximum atomic E-state index is 11.8. The van der Waals surface area contributed by atoms with Crippen molar-refractivity contribution in [3.63, 3.8) is 0 Å². The van der Waals surface area contributed by atoms with Gasteiger partial charge in [-0.2, -0.15) is 0 Å². The number of ketones is 1. The molecule has 0 unspecified atom stereocenters. The highest BCUT2D eigenvalue weighted by molar-refractivity contribution is 6.31. The first-order chi connectivity index (χ1) is 8.65. The fourth-order valence-corrected chi connectivity index (χ4v) is 1.73. The minimum absolute atomic E-state index is 0.0258. The molecule has 2 rings (SSSR count). The van der Waals surface area contributed by atoms with Crippen LogP contribution in [0.2, 0.25) is 10.0 Å². The molecular formula is C14H10Cl2O2. The second kappa shape index (κ2) is 5.89. The van der Waals surface area contributed by atoms with E-state index in [2.05, 4.69) is 0 Å². The van der Waals surface area contributed by atoms with E-state index >= 15 is 0 Å². The standard InChI is InChI=1S/C14H10Cl2O2/c15-11-6-4-10(5-7-11)14(17)9-18-13-3-1-2-12(16)8-13/h1-8H,9H2. The zero-order valence-corrected chi connectivity index (χ0v) is 10.9. The number of ether oxygens (including phenoxy) is 1. The average Bonchev–Trinajstić information content (AvgIpc) is 2.37. The molecule has 0 atom stereocenters. The second-order valence-electron chi connectivity index (χ2n) is 3.68. The Labute approximate surface area is 115 Å². The third-order valence-corrected chi connectivity index (χ3v) is 2.82. The molecule has 0 aliphatic carbocycles. The smallest absolute Gasteiger partial charge is 0.200 e. The maximum Gasteiger partial charge on any atom is 0.200 e. The molecule has 0 heterocycles. The molecule has 0 fully saturated rings. The molecule has 0 N–H and O–H groups in total. The summed E-state index contributed by atoms with van der Waals surface area (Å²) in [5.74, 6) is 0.469. The summed E-state index contributed by atoms with van der Waals surface area (Å²) in [7, 11) is 0. The van der Waals surface area contributed by atoms with Gasteiger partial charge in [0.1, 0.15) is 5.75 Å². The number of hydrogen-bond donors (Lipinski definition) is 0. The van der Waals surface area contributed by atoms with E-state index in [0.717, 1.165) is 0 Å². The third kappa shape index (κ3) is 3.49. The minimum Gasteiger partial charge on any atom is -0.485 e. The van der Waals surface area contributed by atoms with Crippen molar-refractivity contribution < 1.29 is 9.53 Å². The van der Waals surface area contributed by atoms with Gasteiger partial charge in [-0.15, -0.1) is 0 Å². The van der Waals surface area contributed by atoms with Gasteiger partial charge in [-0.05, 0) is 42.5 Å². The van der Waals surface area contributed by atoms with Gasteiger partial charge in [-0.3, -0.25) is 4.79 Å². The highest BCUT2D eigenvalue weighted by atomic mass is 35.5. The molecule has 0 bridgehead atoms. The highest BCUT2D eigenvalue weighted by Gasteiger charge is 2.06. The second-order valence-corrected chi connectivity index (χ2v) is 4.55. The van der Waals surface area contributed by atoms with Crippen LogP contribution in [0.1, 0.15) is 10.4 Å². The van der Waals surface area contributed by atoms with Crippen molar-refractivity contribution in [1.29, 1.82) is 0 Å². The average molecular weight is 281 g/mol. The van der Waals surface area contributed by atoms with E-state index < -0.39 is 0 Å². The van der Waals surface area contributed by atoms with Gasteiger partial charge >= 0.3 is 0 Å². The number of halogens is 2. The summed E-state index contributed by atoms with van der Waals surface area (Å²) in [4.78, 5) is 11.8. The number of hydrogen-bond acceptors (Lipinski definition) is 2. The Bertz CT molecular complexity index is 550. The van der Waals surface area contributed by atoms with Crippen LogP contribution in [0.4, 0.5) is 0 Å². The summed E-state index contributed by atoms with van der Waals surface area (Å²) in [5.41, 5.74) is 0.571. The largest absolute Gasteiger partial charge is 0.485 e. The molecule has 0 amide bonds. The maximum absolute atomic E-state index is 11.8. The summed E-state index contributed by atoms with van der Waals surface area (Å²) < 4.78 is 5.37. The van der Waals surface area contributed by atoms with Gasteiger partial charge in [0.15, 0.2) is 12.4 Å². The van der Waals surface area contributed by atoms with Gasteiger partial charge in [0.05, 0.1) is 0 Å². The molecule has 92 valence electrons. The summed E-state index contributed by atoms with van der Waals surface area (Å²) in [5, 5.41) is 1.17. The van der Waals surface area contributed by atoms with Crippen LogP contribution in [0, 0.1) is 0 Å². The van der Waals surface area contributed by atoms with Crippen molar-refractivity contribution in [3.8, 4) is 5.75 Å². The predicted molar refractivity (Wildman–Crippen MR) is 72.7 cm³/mol. The van der Waals surface area contributed by atoms with Crippen LogP contribution >= 0.6 is 23.2 Å². The van der Waals surface area contributed by atoms with Crippen molar-refractivity contribution in [2.24, 2.45) is 0 Å². The van der Waals surface area contributed by atoms with E-state index in [9.17, 15) is 4.79 Å². The summed E-state index contributed by atoms with van der Waals surface area (Å²) in [6.45, 7) is -0.0258. The van der Waals surface area contributed by atoms with Gasteiger partial charge in [0, 0.05) is 15.6 Å². The lowest BCUT2D eigenvalue weighted by molar-refractivity contribution is 0.0921. The monoisotopic (exact) mass is 280 g/mol. The van der Waals surface area contributed by atoms with Crippen molar-refractivity contribution in [2.75, 3.05) is 6.61 Å². The van der Waals surface area contributed by atoms with Crippen molar-refractivity contribution in [2.45, 2.75) is 0 Å². The van der Waals surface area contributed by atoms with Crippen molar-refractivity contribution in [3.05, 3.63) is 64.1 Å². The predicted octanol–water partition coefficient (Wildman–Crippen LogP) is 4.26. The molecule has 0 aliphatic rings. The first-order valence-corrected chi connectivity index (χ1v) is 6.08. The lowest BCUT2D eigenvalue weighted by atomic mass is 10.1. The van der Waals surface area contributed by atoms with Gasteiger partial charge in [-0.1, -0.05) is 29.3 Å². The molecule has 0 saturated heterocycles. The first-order valence-electron chi connectivity index (χ1n) is 5.32. The Hall–Kier alpha value is -1.51. The van der Waals surface area contributed by atoms with Crippen LogP contribution in [0.3, 0.4) is 0 Å². The van der Waals surface area contributed by atoms with E-state index in [1.165, 1.54) is 0 Å². The van der Waals surface area contributed by atoms with Crippen LogP contribution in [-0.2, 0) is 0 Å². The van der Waals surface area contributed by atoms with Crippen LogP contribution in [0.25, 0.3) is 0 Å². The fourth-order valence-electron chi connectivity index (χ4n) is 1.42. The number of Topliss-reactive ketones (excluding diaryl/α,β-unsaturated/α-hetero) is 1. The summed E-state index contributed by atoms with van der Waals surface area (Å²) in [6, 6.07) is 13.6. The number of rotatable bonds is 4. The van der Waals surface area contributed by atoms with Gasteiger partial charge in [0.2, 0.25) is 0 Å². The summed E-state index contributed by atoms with van der Waals surface area (Å²) >= 11 is 11.6. The Kier molecular flexibility index (Phi) is 4.24. The molecule has 2 aromatic carbocycles. The summed E-state index contributed by atoms with van der Waals surface area (Å²) in [6.07, 6.45) is 0. The van der Waals surface area contributed by atoms with E-state index in [0.29, 0.717) is 21.4 Å². The van der Waals surface area contributed by atoms with E-state index in [1.54, 1.807) is 48.5 Å². The van der Waals surface area contributed by atoms with Gasteiger partial charge in [0.25, 0.3) is 0 Å². The third-order valence-electron chi connectivity index (χ3n) is 2.33. The molecule has 0 radical (unpaired) electrons. The Balaban J connectivity index is 1.98. The van der Waals surface area contributed by atoms with Crippen molar-refractivity contribution >= 4 is 29.0 Å². The van der Waals surface area contributed by atoms with Gasteiger partial charge in [-0.25, -0.2) is 0 Å². The van der Waals surface area contributed by atoms with E-state index in [4.69, 9.17) is 27.9 Å². The van der Waals surface area contributed by atoms with Crippen molar-refractivity contribution in [1.82, 2.24) is 0 Å². The fraction of sp³-hybridized carbons (Fsp3) is 0.0714. The molecular weight excluding hydrogens is 271 g/mol. The van der Waals surface area contributed by atoms with Gasteiger partial charge < -0.3 is 4.74 Å². The lowest BCUT2D eigenvalue weighted by Gasteiger charge is -2.05. The molecule has 0 saturated carbocycles. The van der Waals surface area contributed by atoms with Crippen LogP contribution in [0.5, 0.6) is 5.75 Å². The Morgan fingerprint density at radius 3 is 2.39 bits per heavy atom. The SMILES string of the molecule is O=C(COc1cccc(Cl)c1)c1ccc(Cl)cc1. The highest BCUT2D eigenvalue weighted by Crippen LogP contribution is 2.17. The zero-order valence-electron chi connectivity index (χ0n) is 9.40. The molecule has 0 aromatic heterocycles. The topological polar surface area (TPSA) is 26.3 Å². The molecule has 4 heteroatoms. The number of carbonyl (C=O) groups excluding carboxylic acids is 1.